The molecule has 88 valence electrons. The standard InChI is InChI=1S/C11H12N2O.2ClH/c12-5-7-14-11-3-1-2-9-8-13-6-4-10(9)11;;/h1-4,6,8H,5,7,12H2;2*1H. The molecule has 1 heterocycles. The number of nitrogens with zero attached hydrogens (tertiary/aromatic N) is 1. The molecule has 16 heavy (non-hydrogen) atoms. The first-order valence-electron chi connectivity index (χ1n) is 4.57. The summed E-state index contributed by atoms with van der Waals surface area (Å²) >= 11 is 0. The number of nitrogens with two attached hydrogens (primary N) is 1. The molecule has 0 unspecified atom stereocenters. The third kappa shape index (κ3) is 3.23. The van der Waals surface area contributed by atoms with Gasteiger partial charge in [-0.1, -0.05) is 12.1 Å². The molecule has 5 heteroatoms. The molecule has 0 aliphatic carbocycles. The molecule has 0 spiro atoms. The van der Waals surface area contributed by atoms with Crippen LogP contribution in [0.4, 0.5) is 0 Å². The predicted molar refractivity (Wildman–Crippen MR) is 70.8 cm³/mol. The fourth-order valence-electron chi connectivity index (χ4n) is 1.39. The van der Waals surface area contributed by atoms with Crippen LogP contribution in [-0.4, -0.2) is 18.1 Å². The topological polar surface area (TPSA) is 48.1 Å². The number of benzene rings is 1. The van der Waals surface area contributed by atoms with Crippen molar-refractivity contribution in [1.82, 2.24) is 4.98 Å². The van der Waals surface area contributed by atoms with Crippen molar-refractivity contribution in [1.29, 1.82) is 0 Å². The summed E-state index contributed by atoms with van der Waals surface area (Å²) in [5, 5.41) is 2.16. The summed E-state index contributed by atoms with van der Waals surface area (Å²) < 4.78 is 5.52. The molecule has 1 aromatic heterocycles. The SMILES string of the molecule is Cl.Cl.NCCOc1cccc2cnccc12. The normalized spacial score (nSPS) is 9.06. The molecular weight excluding hydrogens is 247 g/mol. The molecule has 0 aliphatic rings. The van der Waals surface area contributed by atoms with Crippen LogP contribution in [0.2, 0.25) is 0 Å². The maximum atomic E-state index is 5.52. The maximum Gasteiger partial charge on any atom is 0.127 e. The Hall–Kier alpha value is -1.03. The molecule has 2 N–H and O–H groups in total. The van der Waals surface area contributed by atoms with E-state index in [9.17, 15) is 0 Å². The van der Waals surface area contributed by atoms with E-state index < -0.39 is 0 Å². The number of halogens is 2. The first kappa shape index (κ1) is 15.0. The Balaban J connectivity index is 0.00000112. The van der Waals surface area contributed by atoms with Crippen molar-refractivity contribution >= 4 is 35.6 Å². The minimum absolute atomic E-state index is 0. The van der Waals surface area contributed by atoms with E-state index in [0.717, 1.165) is 16.5 Å². The number of pyridine rings is 1. The van der Waals surface area contributed by atoms with Crippen LogP contribution < -0.4 is 10.5 Å². The number of ether oxygens (including phenoxy) is 1. The third-order valence-corrected chi connectivity index (χ3v) is 2.02. The first-order chi connectivity index (χ1) is 6.92. The highest BCUT2D eigenvalue weighted by atomic mass is 35.5. The van der Waals surface area contributed by atoms with Crippen molar-refractivity contribution in [3.05, 3.63) is 36.7 Å². The molecule has 1 aromatic carbocycles. The van der Waals surface area contributed by atoms with Crippen LogP contribution in [0.15, 0.2) is 36.7 Å². The molecule has 2 rings (SSSR count). The van der Waals surface area contributed by atoms with Crippen LogP contribution in [0, 0.1) is 0 Å². The van der Waals surface area contributed by atoms with Crippen LogP contribution in [-0.2, 0) is 0 Å². The summed E-state index contributed by atoms with van der Waals surface area (Å²) in [5.74, 6) is 0.871. The van der Waals surface area contributed by atoms with Gasteiger partial charge in [-0.3, -0.25) is 4.98 Å². The zero-order valence-corrected chi connectivity index (χ0v) is 10.3. The van der Waals surface area contributed by atoms with Crippen LogP contribution in [0.3, 0.4) is 0 Å². The van der Waals surface area contributed by atoms with E-state index in [1.54, 1.807) is 6.20 Å². The lowest BCUT2D eigenvalue weighted by molar-refractivity contribution is 0.332. The Morgan fingerprint density at radius 3 is 2.75 bits per heavy atom. The molecule has 0 aliphatic heterocycles. The van der Waals surface area contributed by atoms with Crippen molar-refractivity contribution in [2.24, 2.45) is 5.73 Å². The number of aromatic nitrogens is 1. The summed E-state index contributed by atoms with van der Waals surface area (Å²) in [7, 11) is 0. The smallest absolute Gasteiger partial charge is 0.127 e. The van der Waals surface area contributed by atoms with E-state index in [4.69, 9.17) is 10.5 Å². The lowest BCUT2D eigenvalue weighted by atomic mass is 10.1. The van der Waals surface area contributed by atoms with Crippen molar-refractivity contribution in [3.8, 4) is 5.75 Å². The van der Waals surface area contributed by atoms with E-state index in [1.165, 1.54) is 0 Å². The molecular formula is C11H14Cl2N2O. The predicted octanol–water partition coefficient (Wildman–Crippen LogP) is 2.42. The summed E-state index contributed by atoms with van der Waals surface area (Å²) in [6.45, 7) is 1.07. The van der Waals surface area contributed by atoms with Gasteiger partial charge in [-0.2, -0.15) is 0 Å². The average molecular weight is 261 g/mol. The second kappa shape index (κ2) is 7.28. The highest BCUT2D eigenvalue weighted by Gasteiger charge is 1.99. The zero-order valence-electron chi connectivity index (χ0n) is 8.63. The van der Waals surface area contributed by atoms with E-state index in [2.05, 4.69) is 4.98 Å². The summed E-state index contributed by atoms with van der Waals surface area (Å²) in [5.41, 5.74) is 5.38. The van der Waals surface area contributed by atoms with Gasteiger partial charge in [-0.15, -0.1) is 24.8 Å². The Morgan fingerprint density at radius 2 is 2.00 bits per heavy atom. The molecule has 3 nitrogen and oxygen atoms in total. The Bertz CT molecular complexity index is 432. The summed E-state index contributed by atoms with van der Waals surface area (Å²) in [6.07, 6.45) is 3.59. The van der Waals surface area contributed by atoms with Crippen LogP contribution in [0.5, 0.6) is 5.75 Å². The fourth-order valence-corrected chi connectivity index (χ4v) is 1.39. The highest BCUT2D eigenvalue weighted by molar-refractivity contribution is 5.87. The minimum atomic E-state index is 0. The molecule has 0 amide bonds. The van der Waals surface area contributed by atoms with Crippen molar-refractivity contribution in [3.63, 3.8) is 0 Å². The molecule has 2 aromatic rings. The quantitative estimate of drug-likeness (QED) is 0.922. The van der Waals surface area contributed by atoms with Crippen molar-refractivity contribution in [2.75, 3.05) is 13.2 Å². The van der Waals surface area contributed by atoms with Gasteiger partial charge in [0, 0.05) is 29.7 Å². The number of fused-ring (bicyclic) bond motifs is 1. The Labute approximate surface area is 107 Å². The van der Waals surface area contributed by atoms with Crippen molar-refractivity contribution < 1.29 is 4.74 Å². The van der Waals surface area contributed by atoms with E-state index in [-0.39, 0.29) is 24.8 Å². The Morgan fingerprint density at radius 1 is 1.19 bits per heavy atom. The molecule has 0 radical (unpaired) electrons. The average Bonchev–Trinajstić information content (AvgIpc) is 2.26. The second-order valence-corrected chi connectivity index (χ2v) is 2.99. The van der Waals surface area contributed by atoms with Gasteiger partial charge in [0.15, 0.2) is 0 Å². The molecule has 0 fully saturated rings. The molecule has 0 atom stereocenters. The van der Waals surface area contributed by atoms with Gasteiger partial charge in [0.2, 0.25) is 0 Å². The summed E-state index contributed by atoms with van der Waals surface area (Å²) in [4.78, 5) is 4.05. The van der Waals surface area contributed by atoms with Gasteiger partial charge < -0.3 is 10.5 Å². The highest BCUT2D eigenvalue weighted by Crippen LogP contribution is 2.23. The zero-order chi connectivity index (χ0) is 9.80. The number of hydrogen-bond donors (Lipinski definition) is 1. The summed E-state index contributed by atoms with van der Waals surface area (Å²) in [6, 6.07) is 7.85. The minimum Gasteiger partial charge on any atom is -0.492 e. The maximum absolute atomic E-state index is 5.52. The lowest BCUT2D eigenvalue weighted by Crippen LogP contribution is -2.10. The first-order valence-corrected chi connectivity index (χ1v) is 4.57. The third-order valence-electron chi connectivity index (χ3n) is 2.02. The van der Waals surface area contributed by atoms with Crippen LogP contribution >= 0.6 is 24.8 Å². The van der Waals surface area contributed by atoms with Gasteiger partial charge in [0.25, 0.3) is 0 Å². The van der Waals surface area contributed by atoms with Gasteiger partial charge in [-0.05, 0) is 12.1 Å². The van der Waals surface area contributed by atoms with Gasteiger partial charge >= 0.3 is 0 Å². The molecule has 0 saturated heterocycles. The second-order valence-electron chi connectivity index (χ2n) is 2.99. The monoisotopic (exact) mass is 260 g/mol. The van der Waals surface area contributed by atoms with E-state index >= 15 is 0 Å². The van der Waals surface area contributed by atoms with Gasteiger partial charge in [0.1, 0.15) is 12.4 Å². The van der Waals surface area contributed by atoms with Gasteiger partial charge in [0.05, 0.1) is 0 Å². The molecule has 0 bridgehead atoms. The van der Waals surface area contributed by atoms with Crippen LogP contribution in [0.25, 0.3) is 10.8 Å². The lowest BCUT2D eigenvalue weighted by Gasteiger charge is -2.07. The largest absolute Gasteiger partial charge is 0.492 e. The van der Waals surface area contributed by atoms with E-state index in [0.29, 0.717) is 13.2 Å². The van der Waals surface area contributed by atoms with Gasteiger partial charge in [-0.25, -0.2) is 0 Å². The van der Waals surface area contributed by atoms with Crippen molar-refractivity contribution in [2.45, 2.75) is 0 Å². The molecule has 0 saturated carbocycles. The number of rotatable bonds is 3. The Kier molecular flexibility index (Phi) is 6.81. The van der Waals surface area contributed by atoms with E-state index in [1.807, 2.05) is 30.5 Å². The van der Waals surface area contributed by atoms with Crippen LogP contribution in [0.1, 0.15) is 0 Å². The number of hydrogen-bond acceptors (Lipinski definition) is 3. The fraction of sp³-hybridized carbons (Fsp3) is 0.182.